The van der Waals surface area contributed by atoms with Crippen LogP contribution in [0.2, 0.25) is 0 Å². The van der Waals surface area contributed by atoms with E-state index in [2.05, 4.69) is 48.5 Å². The lowest BCUT2D eigenvalue weighted by molar-refractivity contribution is -0.161. The molecule has 0 rings (SSSR count). The molecule has 0 aromatic rings. The van der Waals surface area contributed by atoms with Gasteiger partial charge in [-0.25, -0.2) is 9.13 Å². The molecule has 0 fully saturated rings. The van der Waals surface area contributed by atoms with Gasteiger partial charge >= 0.3 is 39.5 Å². The fourth-order valence-corrected chi connectivity index (χ4v) is 10.7. The minimum Gasteiger partial charge on any atom is -0.462 e. The maximum Gasteiger partial charge on any atom is 0.472 e. The van der Waals surface area contributed by atoms with Gasteiger partial charge in [0.1, 0.15) is 19.3 Å². The van der Waals surface area contributed by atoms with Crippen LogP contribution in [0.5, 0.6) is 0 Å². The van der Waals surface area contributed by atoms with Crippen LogP contribution in [0, 0.1) is 17.8 Å². The van der Waals surface area contributed by atoms with Crippen LogP contribution in [0.3, 0.4) is 0 Å². The molecule has 17 nitrogen and oxygen atoms in total. The third-order valence-electron chi connectivity index (χ3n) is 14.5. The average molecular weight is 1200 g/mol. The van der Waals surface area contributed by atoms with Crippen LogP contribution in [-0.2, 0) is 65.4 Å². The molecule has 3 unspecified atom stereocenters. The average Bonchev–Trinajstić information content (AvgIpc) is 3.42. The molecule has 480 valence electrons. The third kappa shape index (κ3) is 55.7. The van der Waals surface area contributed by atoms with Crippen molar-refractivity contribution in [3.05, 3.63) is 0 Å². The van der Waals surface area contributed by atoms with Crippen LogP contribution in [-0.4, -0.2) is 96.7 Å². The maximum absolute atomic E-state index is 13.0. The first kappa shape index (κ1) is 79.1. The van der Waals surface area contributed by atoms with Crippen molar-refractivity contribution in [1.29, 1.82) is 0 Å². The Balaban J connectivity index is 5.19. The first-order valence-corrected chi connectivity index (χ1v) is 35.4. The number of rotatable bonds is 60. The molecule has 0 aromatic heterocycles. The highest BCUT2D eigenvalue weighted by Gasteiger charge is 2.30. The van der Waals surface area contributed by atoms with Crippen LogP contribution in [0.25, 0.3) is 0 Å². The number of aliphatic hydroxyl groups excluding tert-OH is 1. The third-order valence-corrected chi connectivity index (χ3v) is 16.4. The molecule has 0 saturated carbocycles. The highest BCUT2D eigenvalue weighted by Crippen LogP contribution is 2.45. The summed E-state index contributed by atoms with van der Waals surface area (Å²) in [5.41, 5.74) is 0. The van der Waals surface area contributed by atoms with E-state index < -0.39 is 97.5 Å². The van der Waals surface area contributed by atoms with E-state index in [0.29, 0.717) is 25.7 Å². The van der Waals surface area contributed by atoms with Gasteiger partial charge in [0.25, 0.3) is 0 Å². The second kappa shape index (κ2) is 53.5. The van der Waals surface area contributed by atoms with Crippen LogP contribution in [0.4, 0.5) is 0 Å². The van der Waals surface area contributed by atoms with Crippen molar-refractivity contribution in [3.8, 4) is 0 Å². The summed E-state index contributed by atoms with van der Waals surface area (Å²) in [5.74, 6) is 0.0720. The van der Waals surface area contributed by atoms with Crippen LogP contribution < -0.4 is 0 Å². The van der Waals surface area contributed by atoms with Crippen molar-refractivity contribution in [1.82, 2.24) is 0 Å². The first-order chi connectivity index (χ1) is 38.8. The summed E-state index contributed by atoms with van der Waals surface area (Å²) in [7, 11) is -9.88. The molecule has 81 heavy (non-hydrogen) atoms. The summed E-state index contributed by atoms with van der Waals surface area (Å²) < 4.78 is 67.7. The lowest BCUT2D eigenvalue weighted by atomic mass is 10.00. The lowest BCUT2D eigenvalue weighted by Crippen LogP contribution is -2.30. The minimum absolute atomic E-state index is 0.102. The number of phosphoric acid groups is 2. The zero-order valence-corrected chi connectivity index (χ0v) is 54.0. The molecule has 0 spiro atoms. The minimum atomic E-state index is -4.94. The van der Waals surface area contributed by atoms with E-state index in [4.69, 9.17) is 37.0 Å². The molecule has 0 heterocycles. The Bertz CT molecular complexity index is 1620. The number of carbonyl (C=O) groups is 4. The molecule has 0 amide bonds. The number of esters is 4. The SMILES string of the molecule is CCCCCCCC(=O)OC[C@H](COP(=O)(O)OC[C@H](O)COP(=O)(O)OC[C@@H](COC(=O)CCCCCCCCCCC(C)C)OC(=O)CCCCCCCCCCCCCCC(C)C)OC(=O)CCCCCCCCC(C)CC. The van der Waals surface area contributed by atoms with E-state index in [1.807, 2.05) is 0 Å². The standard InChI is InChI=1S/C62H120O17P2/c1-8-10-11-26-36-43-59(64)72-49-57(79-62(67)46-39-32-25-24-29-35-42-55(7)9-2)51-76-80(68,69)74-47-56(63)48-75-81(70,71)77-52-58(50-73-60(65)44-37-30-22-19-18-21-28-34-41-54(5)6)78-61(66)45-38-31-23-17-15-13-12-14-16-20-27-33-40-53(3)4/h53-58,63H,8-52H2,1-7H3,(H,68,69)(H,70,71)/t55?,56-,57+,58+/m0/s1. The number of phosphoric ester groups is 2. The van der Waals surface area contributed by atoms with E-state index in [-0.39, 0.29) is 25.7 Å². The second-order valence-corrected chi connectivity index (χ2v) is 26.5. The predicted octanol–water partition coefficient (Wildman–Crippen LogP) is 16.7. The summed E-state index contributed by atoms with van der Waals surface area (Å²) in [4.78, 5) is 71.9. The Kier molecular flexibility index (Phi) is 52.2. The van der Waals surface area contributed by atoms with Gasteiger partial charge < -0.3 is 33.8 Å². The van der Waals surface area contributed by atoms with Crippen LogP contribution >= 0.6 is 15.6 Å². The zero-order chi connectivity index (χ0) is 60.3. The summed E-state index contributed by atoms with van der Waals surface area (Å²) in [6, 6.07) is 0. The Labute approximate surface area is 492 Å². The first-order valence-electron chi connectivity index (χ1n) is 32.4. The molecule has 0 aliphatic rings. The monoisotopic (exact) mass is 1200 g/mol. The fraction of sp³-hybridized carbons (Fsp3) is 0.935. The summed E-state index contributed by atoms with van der Waals surface area (Å²) >= 11 is 0. The summed E-state index contributed by atoms with van der Waals surface area (Å²) in [5, 5.41) is 10.5. The van der Waals surface area contributed by atoms with Gasteiger partial charge in [-0.2, -0.15) is 0 Å². The Morgan fingerprint density at radius 3 is 0.938 bits per heavy atom. The van der Waals surface area contributed by atoms with E-state index >= 15 is 0 Å². The number of hydrogen-bond donors (Lipinski definition) is 3. The smallest absolute Gasteiger partial charge is 0.462 e. The molecule has 0 aliphatic heterocycles. The van der Waals surface area contributed by atoms with Crippen molar-refractivity contribution in [2.24, 2.45) is 17.8 Å². The molecule has 6 atom stereocenters. The van der Waals surface area contributed by atoms with Crippen LogP contribution in [0.1, 0.15) is 299 Å². The Morgan fingerprint density at radius 2 is 0.630 bits per heavy atom. The molecule has 0 aliphatic carbocycles. The molecular formula is C62H120O17P2. The lowest BCUT2D eigenvalue weighted by Gasteiger charge is -2.21. The van der Waals surface area contributed by atoms with Crippen molar-refractivity contribution in [3.63, 3.8) is 0 Å². The van der Waals surface area contributed by atoms with Gasteiger partial charge in [-0.15, -0.1) is 0 Å². The largest absolute Gasteiger partial charge is 0.472 e. The normalized spacial score (nSPS) is 14.8. The summed E-state index contributed by atoms with van der Waals surface area (Å²) in [6.07, 6.45) is 33.9. The van der Waals surface area contributed by atoms with E-state index in [1.165, 1.54) is 103 Å². The van der Waals surface area contributed by atoms with Gasteiger partial charge in [0.2, 0.25) is 0 Å². The Morgan fingerprint density at radius 1 is 0.358 bits per heavy atom. The highest BCUT2D eigenvalue weighted by atomic mass is 31.2. The van der Waals surface area contributed by atoms with Gasteiger partial charge in [0.05, 0.1) is 26.4 Å². The topological polar surface area (TPSA) is 237 Å². The second-order valence-electron chi connectivity index (χ2n) is 23.6. The van der Waals surface area contributed by atoms with Crippen molar-refractivity contribution in [2.45, 2.75) is 317 Å². The maximum atomic E-state index is 13.0. The van der Waals surface area contributed by atoms with Crippen molar-refractivity contribution >= 4 is 39.5 Å². The molecule has 0 aromatic carbocycles. The molecule has 3 N–H and O–H groups in total. The van der Waals surface area contributed by atoms with Gasteiger partial charge in [0, 0.05) is 25.7 Å². The van der Waals surface area contributed by atoms with Gasteiger partial charge in [0.15, 0.2) is 12.2 Å². The van der Waals surface area contributed by atoms with Gasteiger partial charge in [-0.05, 0) is 43.4 Å². The molecule has 19 heteroatoms. The van der Waals surface area contributed by atoms with Crippen LogP contribution in [0.15, 0.2) is 0 Å². The number of hydrogen-bond acceptors (Lipinski definition) is 15. The molecule has 0 saturated heterocycles. The molecule has 0 bridgehead atoms. The fourth-order valence-electron chi connectivity index (χ4n) is 9.09. The Hall–Kier alpha value is -1.94. The van der Waals surface area contributed by atoms with E-state index in [0.717, 1.165) is 114 Å². The number of aliphatic hydroxyl groups is 1. The van der Waals surface area contributed by atoms with Gasteiger partial charge in [-0.1, -0.05) is 248 Å². The van der Waals surface area contributed by atoms with Gasteiger partial charge in [-0.3, -0.25) is 37.3 Å². The predicted molar refractivity (Wildman–Crippen MR) is 321 cm³/mol. The van der Waals surface area contributed by atoms with E-state index in [1.54, 1.807) is 0 Å². The van der Waals surface area contributed by atoms with E-state index in [9.17, 15) is 43.2 Å². The number of carbonyl (C=O) groups excluding carboxylic acids is 4. The number of ether oxygens (including phenoxy) is 4. The summed E-state index contributed by atoms with van der Waals surface area (Å²) in [6.45, 7) is 11.6. The molecular weight excluding hydrogens is 1080 g/mol. The zero-order valence-electron chi connectivity index (χ0n) is 52.2. The highest BCUT2D eigenvalue weighted by molar-refractivity contribution is 7.47. The van der Waals surface area contributed by atoms with Crippen molar-refractivity contribution in [2.75, 3.05) is 39.6 Å². The van der Waals surface area contributed by atoms with Crippen molar-refractivity contribution < 1.29 is 80.2 Å². The number of unbranched alkanes of at least 4 members (excludes halogenated alkanes) is 27. The molecule has 0 radical (unpaired) electrons. The quantitative estimate of drug-likeness (QED) is 0.0222.